The minimum atomic E-state index is -0.632. The highest BCUT2D eigenvalue weighted by molar-refractivity contribution is 14.1. The molecule has 2 nitrogen and oxygen atoms in total. The molecule has 0 fully saturated rings. The molecule has 1 N–H and O–H groups in total. The van der Waals surface area contributed by atoms with E-state index in [0.717, 1.165) is 3.57 Å². The Hall–Kier alpha value is -1.63. The Morgan fingerprint density at radius 3 is 2.63 bits per heavy atom. The molecule has 1 aromatic heterocycles. The zero-order chi connectivity index (χ0) is 13.4. The highest BCUT2D eigenvalue weighted by Crippen LogP contribution is 2.26. The fraction of sp³-hybridized carbons (Fsp3) is 0. The van der Waals surface area contributed by atoms with E-state index >= 15 is 0 Å². The third-order valence-electron chi connectivity index (χ3n) is 2.70. The molecule has 0 saturated carbocycles. The van der Waals surface area contributed by atoms with Crippen LogP contribution in [0, 0.1) is 15.4 Å². The summed E-state index contributed by atoms with van der Waals surface area (Å²) in [7, 11) is 0. The van der Waals surface area contributed by atoms with Gasteiger partial charge in [0, 0.05) is 26.8 Å². The fourth-order valence-electron chi connectivity index (χ4n) is 1.82. The SMILES string of the molecule is Fc1cc2ccc(Nc3ccc(I)cc3F)cc2o1. The van der Waals surface area contributed by atoms with Gasteiger partial charge in [-0.25, -0.2) is 4.39 Å². The Kier molecular flexibility index (Phi) is 3.14. The van der Waals surface area contributed by atoms with Crippen molar-refractivity contribution in [3.8, 4) is 0 Å². The predicted molar refractivity (Wildman–Crippen MR) is 78.6 cm³/mol. The molecule has 0 saturated heterocycles. The third-order valence-corrected chi connectivity index (χ3v) is 3.37. The van der Waals surface area contributed by atoms with Crippen molar-refractivity contribution in [3.63, 3.8) is 0 Å². The summed E-state index contributed by atoms with van der Waals surface area (Å²) in [5.41, 5.74) is 1.43. The first kappa shape index (κ1) is 12.4. The van der Waals surface area contributed by atoms with Crippen molar-refractivity contribution < 1.29 is 13.2 Å². The van der Waals surface area contributed by atoms with Crippen molar-refractivity contribution in [1.29, 1.82) is 0 Å². The smallest absolute Gasteiger partial charge is 0.278 e. The summed E-state index contributed by atoms with van der Waals surface area (Å²) in [6, 6.07) is 10.7. The minimum Gasteiger partial charge on any atom is -0.431 e. The number of hydrogen-bond donors (Lipinski definition) is 1. The second-order valence-electron chi connectivity index (χ2n) is 4.05. The van der Waals surface area contributed by atoms with Crippen LogP contribution in [-0.4, -0.2) is 0 Å². The van der Waals surface area contributed by atoms with Gasteiger partial charge in [0.1, 0.15) is 11.4 Å². The molecule has 0 atom stereocenters. The topological polar surface area (TPSA) is 25.2 Å². The first-order valence-electron chi connectivity index (χ1n) is 5.53. The second kappa shape index (κ2) is 4.80. The van der Waals surface area contributed by atoms with Crippen molar-refractivity contribution in [1.82, 2.24) is 0 Å². The normalized spacial score (nSPS) is 10.9. The monoisotopic (exact) mass is 371 g/mol. The molecular formula is C14H8F2INO. The standard InChI is InChI=1S/C14H8F2INO/c15-11-6-9(17)2-4-12(11)18-10-3-1-8-5-14(16)19-13(8)7-10/h1-7,18H. The molecule has 0 aliphatic heterocycles. The van der Waals surface area contributed by atoms with Gasteiger partial charge in [-0.1, -0.05) is 0 Å². The molecule has 0 aliphatic carbocycles. The maximum absolute atomic E-state index is 13.7. The lowest BCUT2D eigenvalue weighted by Gasteiger charge is -2.07. The highest BCUT2D eigenvalue weighted by atomic mass is 127. The van der Waals surface area contributed by atoms with Gasteiger partial charge in [0.05, 0.1) is 5.69 Å². The molecule has 0 spiro atoms. The van der Waals surface area contributed by atoms with Crippen LogP contribution in [0.15, 0.2) is 46.9 Å². The Labute approximate surface area is 121 Å². The van der Waals surface area contributed by atoms with Gasteiger partial charge < -0.3 is 9.73 Å². The summed E-state index contributed by atoms with van der Waals surface area (Å²) >= 11 is 2.04. The van der Waals surface area contributed by atoms with Gasteiger partial charge in [0.25, 0.3) is 6.01 Å². The first-order valence-corrected chi connectivity index (χ1v) is 6.61. The van der Waals surface area contributed by atoms with Crippen LogP contribution in [0.2, 0.25) is 0 Å². The van der Waals surface area contributed by atoms with Crippen LogP contribution < -0.4 is 5.32 Å². The van der Waals surface area contributed by atoms with Crippen molar-refractivity contribution in [2.24, 2.45) is 0 Å². The number of halogens is 3. The van der Waals surface area contributed by atoms with Crippen LogP contribution in [0.25, 0.3) is 11.0 Å². The maximum atomic E-state index is 13.7. The zero-order valence-corrected chi connectivity index (χ0v) is 11.7. The number of nitrogens with one attached hydrogen (secondary N) is 1. The fourth-order valence-corrected chi connectivity index (χ4v) is 2.28. The van der Waals surface area contributed by atoms with Crippen LogP contribution in [0.4, 0.5) is 20.2 Å². The van der Waals surface area contributed by atoms with Crippen molar-refractivity contribution in [3.05, 3.63) is 57.9 Å². The summed E-state index contributed by atoms with van der Waals surface area (Å²) < 4.78 is 32.4. The number of hydrogen-bond acceptors (Lipinski definition) is 2. The summed E-state index contributed by atoms with van der Waals surface area (Å²) in [6.07, 6.45) is 0. The van der Waals surface area contributed by atoms with Crippen LogP contribution >= 0.6 is 22.6 Å². The van der Waals surface area contributed by atoms with Crippen molar-refractivity contribution >= 4 is 44.9 Å². The third kappa shape index (κ3) is 2.56. The van der Waals surface area contributed by atoms with Crippen LogP contribution in [-0.2, 0) is 0 Å². The summed E-state index contributed by atoms with van der Waals surface area (Å²) in [6.45, 7) is 0. The van der Waals surface area contributed by atoms with E-state index in [1.807, 2.05) is 22.6 Å². The van der Waals surface area contributed by atoms with Gasteiger partial charge in [-0.05, 0) is 52.9 Å². The lowest BCUT2D eigenvalue weighted by Crippen LogP contribution is -1.93. The minimum absolute atomic E-state index is 0.336. The molecule has 0 aliphatic rings. The van der Waals surface area contributed by atoms with Crippen LogP contribution in [0.3, 0.4) is 0 Å². The van der Waals surface area contributed by atoms with E-state index < -0.39 is 6.01 Å². The van der Waals surface area contributed by atoms with Crippen LogP contribution in [0.5, 0.6) is 0 Å². The Bertz CT molecular complexity index is 754. The Morgan fingerprint density at radius 1 is 1.00 bits per heavy atom. The quantitative estimate of drug-likeness (QED) is 0.638. The number of benzene rings is 2. The van der Waals surface area contributed by atoms with Gasteiger partial charge in [-0.3, -0.25) is 0 Å². The first-order chi connectivity index (χ1) is 9.11. The summed E-state index contributed by atoms with van der Waals surface area (Å²) in [5.74, 6) is -0.336. The molecule has 1 heterocycles. The lowest BCUT2D eigenvalue weighted by atomic mass is 10.2. The summed E-state index contributed by atoms with van der Waals surface area (Å²) in [5, 5.41) is 3.61. The van der Waals surface area contributed by atoms with E-state index in [4.69, 9.17) is 4.42 Å². The molecule has 5 heteroatoms. The molecule has 0 bridgehead atoms. The number of furan rings is 1. The van der Waals surface area contributed by atoms with Crippen LogP contribution in [0.1, 0.15) is 0 Å². The molecule has 2 aromatic carbocycles. The zero-order valence-electron chi connectivity index (χ0n) is 9.58. The van der Waals surface area contributed by atoms with Gasteiger partial charge in [-0.2, -0.15) is 4.39 Å². The molecular weight excluding hydrogens is 363 g/mol. The van der Waals surface area contributed by atoms with E-state index in [0.29, 0.717) is 22.3 Å². The van der Waals surface area contributed by atoms with E-state index in [2.05, 4.69) is 5.32 Å². The van der Waals surface area contributed by atoms with Gasteiger partial charge >= 0.3 is 0 Å². The van der Waals surface area contributed by atoms with E-state index in [1.165, 1.54) is 12.1 Å². The molecule has 0 unspecified atom stereocenters. The van der Waals surface area contributed by atoms with E-state index in [9.17, 15) is 8.78 Å². The number of anilines is 2. The van der Waals surface area contributed by atoms with Gasteiger partial charge in [0.15, 0.2) is 0 Å². The molecule has 3 rings (SSSR count). The second-order valence-corrected chi connectivity index (χ2v) is 5.30. The molecule has 96 valence electrons. The largest absolute Gasteiger partial charge is 0.431 e. The molecule has 0 amide bonds. The van der Waals surface area contributed by atoms with Crippen molar-refractivity contribution in [2.75, 3.05) is 5.32 Å². The highest BCUT2D eigenvalue weighted by Gasteiger charge is 2.06. The summed E-state index contributed by atoms with van der Waals surface area (Å²) in [4.78, 5) is 0. The lowest BCUT2D eigenvalue weighted by molar-refractivity contribution is 0.381. The molecule has 19 heavy (non-hydrogen) atoms. The van der Waals surface area contributed by atoms with Crippen molar-refractivity contribution in [2.45, 2.75) is 0 Å². The molecule has 3 aromatic rings. The Morgan fingerprint density at radius 2 is 1.84 bits per heavy atom. The number of rotatable bonds is 2. The predicted octanol–water partition coefficient (Wildman–Crippen LogP) is 5.06. The average molecular weight is 371 g/mol. The van der Waals surface area contributed by atoms with E-state index in [-0.39, 0.29) is 5.82 Å². The molecule has 0 radical (unpaired) electrons. The Balaban J connectivity index is 1.96. The maximum Gasteiger partial charge on any atom is 0.278 e. The van der Waals surface area contributed by atoms with Gasteiger partial charge in [-0.15, -0.1) is 0 Å². The van der Waals surface area contributed by atoms with E-state index in [1.54, 1.807) is 30.3 Å². The van der Waals surface area contributed by atoms with Gasteiger partial charge in [0.2, 0.25) is 0 Å². The number of fused-ring (bicyclic) bond motifs is 1. The average Bonchev–Trinajstić information content (AvgIpc) is 2.72.